The highest BCUT2D eigenvalue weighted by Gasteiger charge is 2.38. The van der Waals surface area contributed by atoms with Crippen molar-refractivity contribution in [3.8, 4) is 0 Å². The summed E-state index contributed by atoms with van der Waals surface area (Å²) in [6, 6.07) is 2.30. The van der Waals surface area contributed by atoms with Crippen molar-refractivity contribution in [2.24, 2.45) is 5.92 Å². The zero-order valence-electron chi connectivity index (χ0n) is 19.5. The number of nitrogens with zero attached hydrogens (tertiary/aromatic N) is 1. The number of hydrogen-bond acceptors (Lipinski definition) is 6. The lowest BCUT2D eigenvalue weighted by Crippen LogP contribution is -2.28. The number of rotatable bonds is 5. The molecule has 0 aromatic carbocycles. The van der Waals surface area contributed by atoms with Gasteiger partial charge in [0.05, 0.1) is 5.56 Å². The van der Waals surface area contributed by atoms with Gasteiger partial charge in [-0.05, 0) is 57.2 Å². The van der Waals surface area contributed by atoms with Gasteiger partial charge in [0, 0.05) is 31.2 Å². The van der Waals surface area contributed by atoms with Gasteiger partial charge in [0.2, 0.25) is 0 Å². The Labute approximate surface area is 202 Å². The summed E-state index contributed by atoms with van der Waals surface area (Å²) >= 11 is 0. The number of carboxylic acid groups (broad SMARTS) is 2. The van der Waals surface area contributed by atoms with E-state index in [-0.39, 0.29) is 11.9 Å². The van der Waals surface area contributed by atoms with Gasteiger partial charge in [0.1, 0.15) is 5.82 Å². The quantitative estimate of drug-likeness (QED) is 0.366. The molecular weight excluding hydrogens is 502 g/mol. The summed E-state index contributed by atoms with van der Waals surface area (Å²) in [6.45, 7) is 6.84. The largest absolute Gasteiger partial charge is 0.490 e. The van der Waals surface area contributed by atoms with Gasteiger partial charge in [0.15, 0.2) is 0 Å². The number of halogens is 6. The molecule has 0 saturated heterocycles. The van der Waals surface area contributed by atoms with Crippen LogP contribution in [-0.4, -0.2) is 71.1 Å². The Bertz CT molecular complexity index is 893. The molecule has 1 aromatic rings. The molecule has 0 unspecified atom stereocenters. The standard InChI is InChI=1S/C17H26N4O.2C2HF3O2/c1-11(2)20-16-14(17(22)19-10-12-3-4-12)9-13-5-7-18-8-6-15(13)21-16;2*3-2(4,5)1(6)7/h9,11-12,18H,3-8,10H2,1-2H3,(H,19,22)(H,20,21);2*(H,6,7). The van der Waals surface area contributed by atoms with Crippen molar-refractivity contribution < 1.29 is 50.9 Å². The molecule has 1 aliphatic heterocycles. The van der Waals surface area contributed by atoms with Crippen LogP contribution in [-0.2, 0) is 22.4 Å². The zero-order valence-corrected chi connectivity index (χ0v) is 19.5. The SMILES string of the molecule is CC(C)Nc1nc2c(cc1C(=O)NCC1CC1)CCNCC2.O=C(O)C(F)(F)F.O=C(O)C(F)(F)F. The number of carbonyl (C=O) groups excluding carboxylic acids is 1. The third-order valence-electron chi connectivity index (χ3n) is 4.70. The van der Waals surface area contributed by atoms with E-state index < -0.39 is 24.3 Å². The molecule has 2 aliphatic rings. The number of hydrogen-bond donors (Lipinski definition) is 5. The Morgan fingerprint density at radius 3 is 1.97 bits per heavy atom. The number of nitrogens with one attached hydrogen (secondary N) is 3. The number of carbonyl (C=O) groups is 3. The van der Waals surface area contributed by atoms with Gasteiger partial charge in [-0.25, -0.2) is 14.6 Å². The Morgan fingerprint density at radius 1 is 1.03 bits per heavy atom. The predicted molar refractivity (Wildman–Crippen MR) is 116 cm³/mol. The van der Waals surface area contributed by atoms with Crippen LogP contribution in [0.4, 0.5) is 32.2 Å². The van der Waals surface area contributed by atoms with E-state index in [2.05, 4.69) is 29.8 Å². The third-order valence-corrected chi connectivity index (χ3v) is 4.70. The monoisotopic (exact) mass is 530 g/mol. The fourth-order valence-corrected chi connectivity index (χ4v) is 2.79. The average molecular weight is 530 g/mol. The van der Waals surface area contributed by atoms with Crippen LogP contribution in [0.5, 0.6) is 0 Å². The molecule has 1 fully saturated rings. The van der Waals surface area contributed by atoms with E-state index in [0.717, 1.165) is 44.0 Å². The number of alkyl halides is 6. The van der Waals surface area contributed by atoms with Crippen LogP contribution in [0.1, 0.15) is 48.3 Å². The van der Waals surface area contributed by atoms with Gasteiger partial charge in [-0.2, -0.15) is 26.3 Å². The fraction of sp³-hybridized carbons (Fsp3) is 0.619. The van der Waals surface area contributed by atoms with Crippen molar-refractivity contribution >= 4 is 23.7 Å². The second kappa shape index (κ2) is 13.3. The smallest absolute Gasteiger partial charge is 0.475 e. The minimum absolute atomic E-state index is 0.00237. The number of amides is 1. The molecule has 204 valence electrons. The Hall–Kier alpha value is -3.10. The van der Waals surface area contributed by atoms with Gasteiger partial charge in [0.25, 0.3) is 5.91 Å². The van der Waals surface area contributed by atoms with E-state index in [4.69, 9.17) is 24.8 Å². The van der Waals surface area contributed by atoms with Gasteiger partial charge in [-0.3, -0.25) is 4.79 Å². The number of pyridine rings is 1. The third kappa shape index (κ3) is 11.6. The van der Waals surface area contributed by atoms with Gasteiger partial charge in [-0.1, -0.05) is 0 Å². The molecule has 36 heavy (non-hydrogen) atoms. The highest BCUT2D eigenvalue weighted by Crippen LogP contribution is 2.28. The normalized spacial score (nSPS) is 15.2. The number of fused-ring (bicyclic) bond motifs is 1. The molecule has 0 bridgehead atoms. The van der Waals surface area contributed by atoms with Crippen molar-refractivity contribution in [3.63, 3.8) is 0 Å². The van der Waals surface area contributed by atoms with Crippen molar-refractivity contribution in [2.45, 2.75) is 57.9 Å². The summed E-state index contributed by atoms with van der Waals surface area (Å²) in [6.07, 6.45) is -5.82. The molecule has 9 nitrogen and oxygen atoms in total. The molecular formula is C21H28F6N4O5. The minimum Gasteiger partial charge on any atom is -0.475 e. The molecule has 1 saturated carbocycles. The van der Waals surface area contributed by atoms with E-state index in [1.807, 2.05) is 6.07 Å². The van der Waals surface area contributed by atoms with Crippen LogP contribution < -0.4 is 16.0 Å². The van der Waals surface area contributed by atoms with Crippen LogP contribution in [0.25, 0.3) is 0 Å². The van der Waals surface area contributed by atoms with E-state index in [0.29, 0.717) is 11.5 Å². The molecule has 0 atom stereocenters. The second-order valence-corrected chi connectivity index (χ2v) is 8.30. The van der Waals surface area contributed by atoms with Crippen molar-refractivity contribution in [3.05, 3.63) is 22.9 Å². The molecule has 0 spiro atoms. The first-order valence-corrected chi connectivity index (χ1v) is 10.9. The number of carboxylic acids is 2. The Morgan fingerprint density at radius 2 is 1.53 bits per heavy atom. The molecule has 1 aliphatic carbocycles. The summed E-state index contributed by atoms with van der Waals surface area (Å²) in [5, 5.41) is 24.0. The Kier molecular flexibility index (Phi) is 11.4. The molecule has 2 heterocycles. The van der Waals surface area contributed by atoms with Crippen molar-refractivity contribution in [1.29, 1.82) is 0 Å². The van der Waals surface area contributed by atoms with E-state index in [1.54, 1.807) is 0 Å². The number of anilines is 1. The molecule has 1 amide bonds. The molecule has 5 N–H and O–H groups in total. The van der Waals surface area contributed by atoms with Crippen LogP contribution in [0.3, 0.4) is 0 Å². The van der Waals surface area contributed by atoms with Crippen molar-refractivity contribution in [1.82, 2.24) is 15.6 Å². The number of aromatic nitrogens is 1. The molecule has 1 aromatic heterocycles. The zero-order chi connectivity index (χ0) is 27.7. The minimum atomic E-state index is -5.08. The summed E-state index contributed by atoms with van der Waals surface area (Å²) in [5.74, 6) is -4.10. The summed E-state index contributed by atoms with van der Waals surface area (Å²) in [4.78, 5) is 35.1. The van der Waals surface area contributed by atoms with Crippen LogP contribution >= 0.6 is 0 Å². The highest BCUT2D eigenvalue weighted by molar-refractivity contribution is 5.99. The maximum absolute atomic E-state index is 12.5. The molecule has 0 radical (unpaired) electrons. The average Bonchev–Trinajstić information content (AvgIpc) is 3.57. The maximum atomic E-state index is 12.5. The summed E-state index contributed by atoms with van der Waals surface area (Å²) in [7, 11) is 0. The molecule has 15 heteroatoms. The van der Waals surface area contributed by atoms with E-state index in [1.165, 1.54) is 18.4 Å². The topological polar surface area (TPSA) is 141 Å². The lowest BCUT2D eigenvalue weighted by Gasteiger charge is -2.17. The lowest BCUT2D eigenvalue weighted by atomic mass is 10.0. The van der Waals surface area contributed by atoms with Gasteiger partial charge >= 0.3 is 24.3 Å². The molecule has 3 rings (SSSR count). The van der Waals surface area contributed by atoms with Crippen molar-refractivity contribution in [2.75, 3.05) is 25.0 Å². The highest BCUT2D eigenvalue weighted by atomic mass is 19.4. The second-order valence-electron chi connectivity index (χ2n) is 8.30. The predicted octanol–water partition coefficient (Wildman–Crippen LogP) is 3.00. The Balaban J connectivity index is 0.000000383. The summed E-state index contributed by atoms with van der Waals surface area (Å²) in [5.41, 5.74) is 3.01. The van der Waals surface area contributed by atoms with Crippen LogP contribution in [0, 0.1) is 5.92 Å². The van der Waals surface area contributed by atoms with Gasteiger partial charge in [-0.15, -0.1) is 0 Å². The lowest BCUT2D eigenvalue weighted by molar-refractivity contribution is -0.193. The van der Waals surface area contributed by atoms with Crippen LogP contribution in [0.15, 0.2) is 6.07 Å². The fourth-order valence-electron chi connectivity index (χ4n) is 2.79. The van der Waals surface area contributed by atoms with E-state index >= 15 is 0 Å². The first kappa shape index (κ1) is 30.9. The van der Waals surface area contributed by atoms with Crippen LogP contribution in [0.2, 0.25) is 0 Å². The summed E-state index contributed by atoms with van der Waals surface area (Å²) < 4.78 is 63.5. The van der Waals surface area contributed by atoms with Gasteiger partial charge < -0.3 is 26.2 Å². The number of aliphatic carboxylic acids is 2. The first-order valence-electron chi connectivity index (χ1n) is 10.9. The maximum Gasteiger partial charge on any atom is 0.490 e. The van der Waals surface area contributed by atoms with E-state index in [9.17, 15) is 31.1 Å². The first-order chi connectivity index (χ1) is 16.5.